The molecule has 5 nitrogen and oxygen atoms in total. The molecule has 24 heavy (non-hydrogen) atoms. The second-order valence-electron chi connectivity index (χ2n) is 5.59. The Labute approximate surface area is 141 Å². The van der Waals surface area contributed by atoms with Crippen LogP contribution in [0.15, 0.2) is 42.5 Å². The molecule has 0 unspecified atom stereocenters. The minimum atomic E-state index is -0.710. The van der Waals surface area contributed by atoms with Crippen LogP contribution in [0.2, 0.25) is 0 Å². The number of esters is 1. The van der Waals surface area contributed by atoms with Crippen LogP contribution in [-0.4, -0.2) is 25.1 Å². The lowest BCUT2D eigenvalue weighted by atomic mass is 10.1. The normalized spacial score (nSPS) is 11.5. The van der Waals surface area contributed by atoms with E-state index in [-0.39, 0.29) is 5.91 Å². The van der Waals surface area contributed by atoms with E-state index in [1.807, 2.05) is 32.0 Å². The van der Waals surface area contributed by atoms with E-state index in [1.165, 1.54) is 7.11 Å². The van der Waals surface area contributed by atoms with Crippen molar-refractivity contribution < 1.29 is 19.1 Å². The molecule has 0 aliphatic rings. The molecule has 2 rings (SSSR count). The molecule has 0 aliphatic carbocycles. The van der Waals surface area contributed by atoms with Gasteiger partial charge in [0.1, 0.15) is 5.75 Å². The summed E-state index contributed by atoms with van der Waals surface area (Å²) >= 11 is 0. The van der Waals surface area contributed by atoms with Crippen molar-refractivity contribution in [2.75, 3.05) is 12.4 Å². The Hall–Kier alpha value is -2.82. The highest BCUT2D eigenvalue weighted by atomic mass is 16.5. The molecule has 0 bridgehead atoms. The van der Waals surface area contributed by atoms with Crippen molar-refractivity contribution in [2.24, 2.45) is 0 Å². The van der Waals surface area contributed by atoms with Gasteiger partial charge in [0.05, 0.1) is 12.7 Å². The Morgan fingerprint density at radius 3 is 2.50 bits per heavy atom. The van der Waals surface area contributed by atoms with Crippen LogP contribution in [0.25, 0.3) is 0 Å². The summed E-state index contributed by atoms with van der Waals surface area (Å²) in [6, 6.07) is 12.3. The Morgan fingerprint density at radius 1 is 1.08 bits per heavy atom. The number of hydrogen-bond donors (Lipinski definition) is 1. The minimum Gasteiger partial charge on any atom is -0.481 e. The fraction of sp³-hybridized carbons (Fsp3) is 0.263. The van der Waals surface area contributed by atoms with Gasteiger partial charge in [0.2, 0.25) is 0 Å². The monoisotopic (exact) mass is 327 g/mol. The van der Waals surface area contributed by atoms with Gasteiger partial charge in [0, 0.05) is 5.69 Å². The zero-order valence-electron chi connectivity index (χ0n) is 14.3. The second kappa shape index (κ2) is 7.64. The third-order valence-corrected chi connectivity index (χ3v) is 3.58. The Kier molecular flexibility index (Phi) is 5.58. The molecule has 0 aromatic heterocycles. The molecule has 0 spiro atoms. The number of benzene rings is 2. The van der Waals surface area contributed by atoms with E-state index in [1.54, 1.807) is 31.2 Å². The standard InChI is InChI=1S/C19H21NO4/c1-12-8-9-17(13(2)10-12)20-18(21)14(3)24-16-7-5-6-15(11-16)19(22)23-4/h5-11,14H,1-4H3,(H,20,21)/t14-/m0/s1. The molecule has 2 aromatic rings. The number of aryl methyl sites for hydroxylation is 2. The fourth-order valence-electron chi connectivity index (χ4n) is 2.26. The lowest BCUT2D eigenvalue weighted by Gasteiger charge is -2.16. The van der Waals surface area contributed by atoms with Crippen LogP contribution in [0.1, 0.15) is 28.4 Å². The molecular weight excluding hydrogens is 306 g/mol. The van der Waals surface area contributed by atoms with Crippen molar-refractivity contribution in [1.29, 1.82) is 0 Å². The lowest BCUT2D eigenvalue weighted by molar-refractivity contribution is -0.122. The van der Waals surface area contributed by atoms with Crippen molar-refractivity contribution >= 4 is 17.6 Å². The third-order valence-electron chi connectivity index (χ3n) is 3.58. The maximum atomic E-state index is 12.3. The Bertz CT molecular complexity index is 755. The molecule has 0 heterocycles. The molecule has 0 aliphatic heterocycles. The zero-order valence-corrected chi connectivity index (χ0v) is 14.3. The van der Waals surface area contributed by atoms with Crippen LogP contribution < -0.4 is 10.1 Å². The summed E-state index contributed by atoms with van der Waals surface area (Å²) in [6.07, 6.45) is -0.710. The Balaban J connectivity index is 2.05. The summed E-state index contributed by atoms with van der Waals surface area (Å²) in [4.78, 5) is 23.8. The van der Waals surface area contributed by atoms with Gasteiger partial charge in [0.25, 0.3) is 5.91 Å². The molecule has 0 radical (unpaired) electrons. The maximum Gasteiger partial charge on any atom is 0.337 e. The molecule has 0 saturated carbocycles. The van der Waals surface area contributed by atoms with Crippen LogP contribution in [0.4, 0.5) is 5.69 Å². The van der Waals surface area contributed by atoms with Crippen molar-refractivity contribution in [3.63, 3.8) is 0 Å². The molecule has 2 aromatic carbocycles. The molecule has 0 saturated heterocycles. The van der Waals surface area contributed by atoms with Gasteiger partial charge in [-0.2, -0.15) is 0 Å². The predicted octanol–water partition coefficient (Wildman–Crippen LogP) is 3.50. The van der Waals surface area contributed by atoms with E-state index < -0.39 is 12.1 Å². The van der Waals surface area contributed by atoms with E-state index in [4.69, 9.17) is 4.74 Å². The highest BCUT2D eigenvalue weighted by Crippen LogP contribution is 2.18. The van der Waals surface area contributed by atoms with Crippen molar-refractivity contribution in [3.8, 4) is 5.75 Å². The van der Waals surface area contributed by atoms with Crippen LogP contribution in [0, 0.1) is 13.8 Å². The zero-order chi connectivity index (χ0) is 17.7. The van der Waals surface area contributed by atoms with Gasteiger partial charge in [-0.15, -0.1) is 0 Å². The SMILES string of the molecule is COC(=O)c1cccc(O[C@@H](C)C(=O)Nc2ccc(C)cc2C)c1. The summed E-state index contributed by atoms with van der Waals surface area (Å²) in [6.45, 7) is 5.59. The molecule has 126 valence electrons. The molecular formula is C19H21NO4. The number of hydrogen-bond acceptors (Lipinski definition) is 4. The van der Waals surface area contributed by atoms with Crippen LogP contribution in [0.5, 0.6) is 5.75 Å². The van der Waals surface area contributed by atoms with Gasteiger partial charge in [-0.25, -0.2) is 4.79 Å². The van der Waals surface area contributed by atoms with Gasteiger partial charge in [-0.1, -0.05) is 23.8 Å². The van der Waals surface area contributed by atoms with Gasteiger partial charge >= 0.3 is 5.97 Å². The number of ether oxygens (including phenoxy) is 2. The minimum absolute atomic E-state index is 0.259. The average Bonchev–Trinajstić information content (AvgIpc) is 2.56. The van der Waals surface area contributed by atoms with Crippen molar-refractivity contribution in [2.45, 2.75) is 26.9 Å². The number of amides is 1. The largest absolute Gasteiger partial charge is 0.481 e. The first-order chi connectivity index (χ1) is 11.4. The lowest BCUT2D eigenvalue weighted by Crippen LogP contribution is -2.30. The number of rotatable bonds is 5. The predicted molar refractivity (Wildman–Crippen MR) is 92.4 cm³/mol. The first-order valence-electron chi connectivity index (χ1n) is 7.64. The van der Waals surface area contributed by atoms with Crippen molar-refractivity contribution in [1.82, 2.24) is 0 Å². The first-order valence-corrected chi connectivity index (χ1v) is 7.64. The fourth-order valence-corrected chi connectivity index (χ4v) is 2.26. The van der Waals surface area contributed by atoms with E-state index in [0.29, 0.717) is 11.3 Å². The number of carbonyl (C=O) groups excluding carboxylic acids is 2. The van der Waals surface area contributed by atoms with Crippen LogP contribution >= 0.6 is 0 Å². The van der Waals surface area contributed by atoms with Gasteiger partial charge in [-0.3, -0.25) is 4.79 Å². The maximum absolute atomic E-state index is 12.3. The highest BCUT2D eigenvalue weighted by Gasteiger charge is 2.16. The summed E-state index contributed by atoms with van der Waals surface area (Å²) in [5.41, 5.74) is 3.25. The number of nitrogens with one attached hydrogen (secondary N) is 1. The molecule has 0 fully saturated rings. The number of carbonyl (C=O) groups is 2. The quantitative estimate of drug-likeness (QED) is 0.854. The third kappa shape index (κ3) is 4.35. The van der Waals surface area contributed by atoms with Gasteiger partial charge in [0.15, 0.2) is 6.10 Å². The van der Waals surface area contributed by atoms with Crippen LogP contribution in [0.3, 0.4) is 0 Å². The van der Waals surface area contributed by atoms with Gasteiger partial charge in [-0.05, 0) is 50.6 Å². The van der Waals surface area contributed by atoms with Gasteiger partial charge < -0.3 is 14.8 Å². The topological polar surface area (TPSA) is 64.6 Å². The average molecular weight is 327 g/mol. The van der Waals surface area contributed by atoms with E-state index in [2.05, 4.69) is 10.1 Å². The van der Waals surface area contributed by atoms with E-state index >= 15 is 0 Å². The summed E-state index contributed by atoms with van der Waals surface area (Å²) in [5.74, 6) is -0.278. The van der Waals surface area contributed by atoms with E-state index in [0.717, 1.165) is 16.8 Å². The second-order valence-corrected chi connectivity index (χ2v) is 5.59. The Morgan fingerprint density at radius 2 is 1.83 bits per heavy atom. The van der Waals surface area contributed by atoms with E-state index in [9.17, 15) is 9.59 Å². The molecule has 1 atom stereocenters. The van der Waals surface area contributed by atoms with Crippen molar-refractivity contribution in [3.05, 3.63) is 59.2 Å². The summed E-state index contributed by atoms with van der Waals surface area (Å²) < 4.78 is 10.3. The first kappa shape index (κ1) is 17.5. The summed E-state index contributed by atoms with van der Waals surface area (Å²) in [7, 11) is 1.32. The molecule has 5 heteroatoms. The summed E-state index contributed by atoms with van der Waals surface area (Å²) in [5, 5.41) is 2.85. The number of methoxy groups -OCH3 is 1. The highest BCUT2D eigenvalue weighted by molar-refractivity contribution is 5.95. The smallest absolute Gasteiger partial charge is 0.337 e. The molecule has 1 amide bonds. The van der Waals surface area contributed by atoms with Crippen LogP contribution in [-0.2, 0) is 9.53 Å². The number of anilines is 1. The molecule has 1 N–H and O–H groups in total.